The molecule has 0 radical (unpaired) electrons. The van der Waals surface area contributed by atoms with Crippen molar-refractivity contribution in [2.75, 3.05) is 11.4 Å². The predicted molar refractivity (Wildman–Crippen MR) is 99.7 cm³/mol. The highest BCUT2D eigenvalue weighted by Crippen LogP contribution is 2.34. The van der Waals surface area contributed by atoms with E-state index in [-0.39, 0.29) is 11.8 Å². The van der Waals surface area contributed by atoms with Crippen molar-refractivity contribution >= 4 is 12.0 Å². The molecule has 1 aliphatic heterocycles. The summed E-state index contributed by atoms with van der Waals surface area (Å²) in [4.78, 5) is 22.8. The average Bonchev–Trinajstić information content (AvgIpc) is 2.69. The van der Waals surface area contributed by atoms with E-state index in [1.165, 1.54) is 17.0 Å². The number of hydrogen-bond acceptors (Lipinski definition) is 4. The molecule has 3 aromatic rings. The highest BCUT2D eigenvalue weighted by molar-refractivity contribution is 5.86. The molecule has 1 aliphatic rings. The number of amides is 1. The van der Waals surface area contributed by atoms with Crippen LogP contribution >= 0.6 is 0 Å². The third kappa shape index (κ3) is 3.38. The Kier molecular flexibility index (Phi) is 4.32. The molecule has 2 heterocycles. The highest BCUT2D eigenvalue weighted by atomic mass is 19.1. The lowest BCUT2D eigenvalue weighted by Gasteiger charge is -2.38. The van der Waals surface area contributed by atoms with Crippen molar-refractivity contribution in [1.29, 1.82) is 0 Å². The van der Waals surface area contributed by atoms with Crippen LogP contribution in [-0.2, 0) is 10.3 Å². The fourth-order valence-electron chi connectivity index (χ4n) is 3.15. The van der Waals surface area contributed by atoms with Crippen LogP contribution in [-0.4, -0.2) is 22.6 Å². The number of cyclic esters (lactones) is 1. The van der Waals surface area contributed by atoms with Crippen LogP contribution in [0.4, 0.5) is 15.1 Å². The minimum absolute atomic E-state index is 0.275. The average molecular weight is 363 g/mol. The third-order valence-corrected chi connectivity index (χ3v) is 4.75. The molecule has 1 unspecified atom stereocenters. The van der Waals surface area contributed by atoms with Crippen LogP contribution in [0.1, 0.15) is 18.9 Å². The van der Waals surface area contributed by atoms with E-state index in [1.54, 1.807) is 24.4 Å². The van der Waals surface area contributed by atoms with Crippen molar-refractivity contribution in [2.45, 2.75) is 18.9 Å². The van der Waals surface area contributed by atoms with Gasteiger partial charge in [0.1, 0.15) is 11.4 Å². The number of ether oxygens (including phenoxy) is 1. The molecule has 0 saturated carbocycles. The van der Waals surface area contributed by atoms with Crippen molar-refractivity contribution in [2.24, 2.45) is 0 Å². The Morgan fingerprint density at radius 1 is 1.07 bits per heavy atom. The fraction of sp³-hybridized carbons (Fsp3) is 0.190. The maximum atomic E-state index is 13.1. The number of nitrogens with zero attached hydrogens (tertiary/aromatic N) is 3. The molecule has 1 atom stereocenters. The minimum Gasteiger partial charge on any atom is -0.438 e. The Labute approximate surface area is 156 Å². The van der Waals surface area contributed by atoms with E-state index in [4.69, 9.17) is 4.74 Å². The zero-order chi connectivity index (χ0) is 18.9. The summed E-state index contributed by atoms with van der Waals surface area (Å²) in [6.45, 7) is 2.35. The van der Waals surface area contributed by atoms with Crippen molar-refractivity contribution in [3.05, 3.63) is 78.2 Å². The molecule has 0 bridgehead atoms. The van der Waals surface area contributed by atoms with Crippen molar-refractivity contribution in [3.8, 4) is 11.3 Å². The van der Waals surface area contributed by atoms with Gasteiger partial charge in [-0.3, -0.25) is 0 Å². The SMILES string of the molecule is CC1(c2ccccc2)CCN(c2nccc(-c3ccc(F)cc3)n2)C(=O)O1. The van der Waals surface area contributed by atoms with E-state index >= 15 is 0 Å². The van der Waals surface area contributed by atoms with E-state index < -0.39 is 11.7 Å². The normalized spacial score (nSPS) is 19.6. The van der Waals surface area contributed by atoms with Crippen LogP contribution in [0.5, 0.6) is 0 Å². The lowest BCUT2D eigenvalue weighted by molar-refractivity contribution is 0.00546. The van der Waals surface area contributed by atoms with Gasteiger partial charge in [0.2, 0.25) is 5.95 Å². The molecule has 0 spiro atoms. The summed E-state index contributed by atoms with van der Waals surface area (Å²) in [5.74, 6) is -0.0372. The molecule has 1 fully saturated rings. The van der Waals surface area contributed by atoms with Crippen LogP contribution in [0, 0.1) is 5.82 Å². The standard InChI is InChI=1S/C21H18FN3O2/c1-21(16-5-3-2-4-6-16)12-14-25(20(26)27-21)19-23-13-11-18(24-19)15-7-9-17(22)10-8-15/h2-11,13H,12,14H2,1H3. The molecule has 27 heavy (non-hydrogen) atoms. The monoisotopic (exact) mass is 363 g/mol. The van der Waals surface area contributed by atoms with Gasteiger partial charge in [-0.25, -0.2) is 24.1 Å². The zero-order valence-electron chi connectivity index (χ0n) is 14.8. The van der Waals surface area contributed by atoms with Gasteiger partial charge in [-0.05, 0) is 42.8 Å². The third-order valence-electron chi connectivity index (χ3n) is 4.75. The smallest absolute Gasteiger partial charge is 0.417 e. The number of hydrogen-bond donors (Lipinski definition) is 0. The number of benzene rings is 2. The number of carbonyl (C=O) groups is 1. The van der Waals surface area contributed by atoms with Crippen LogP contribution < -0.4 is 4.90 Å². The van der Waals surface area contributed by atoms with Gasteiger partial charge in [0.25, 0.3) is 0 Å². The number of halogens is 1. The molecule has 6 heteroatoms. The van der Waals surface area contributed by atoms with E-state index in [2.05, 4.69) is 9.97 Å². The summed E-state index contributed by atoms with van der Waals surface area (Å²) in [6, 6.07) is 17.4. The Hall–Kier alpha value is -3.28. The summed E-state index contributed by atoms with van der Waals surface area (Å²) >= 11 is 0. The maximum Gasteiger partial charge on any atom is 0.417 e. The van der Waals surface area contributed by atoms with Gasteiger partial charge in [0, 0.05) is 24.7 Å². The van der Waals surface area contributed by atoms with Gasteiger partial charge in [-0.15, -0.1) is 0 Å². The molecule has 1 aromatic heterocycles. The largest absolute Gasteiger partial charge is 0.438 e. The highest BCUT2D eigenvalue weighted by Gasteiger charge is 2.39. The fourth-order valence-corrected chi connectivity index (χ4v) is 3.15. The molecule has 0 N–H and O–H groups in total. The summed E-state index contributed by atoms with van der Waals surface area (Å²) < 4.78 is 18.9. The maximum absolute atomic E-state index is 13.1. The van der Waals surface area contributed by atoms with E-state index in [9.17, 15) is 9.18 Å². The van der Waals surface area contributed by atoms with E-state index in [0.29, 0.717) is 18.7 Å². The number of anilines is 1. The Morgan fingerprint density at radius 2 is 1.81 bits per heavy atom. The van der Waals surface area contributed by atoms with Gasteiger partial charge in [-0.2, -0.15) is 0 Å². The van der Waals surface area contributed by atoms with Crippen LogP contribution in [0.2, 0.25) is 0 Å². The first-order valence-corrected chi connectivity index (χ1v) is 8.70. The number of rotatable bonds is 3. The first kappa shape index (κ1) is 17.1. The van der Waals surface area contributed by atoms with Gasteiger partial charge < -0.3 is 4.74 Å². The second kappa shape index (κ2) is 6.79. The molecular formula is C21H18FN3O2. The Balaban J connectivity index is 1.58. The molecule has 0 aliphatic carbocycles. The summed E-state index contributed by atoms with van der Waals surface area (Å²) in [5.41, 5.74) is 1.64. The molecular weight excluding hydrogens is 345 g/mol. The van der Waals surface area contributed by atoms with Crippen LogP contribution in [0.25, 0.3) is 11.3 Å². The minimum atomic E-state index is -0.677. The zero-order valence-corrected chi connectivity index (χ0v) is 14.8. The summed E-state index contributed by atoms with van der Waals surface area (Å²) in [5, 5.41) is 0. The Bertz CT molecular complexity index is 963. The van der Waals surface area contributed by atoms with Crippen LogP contribution in [0.3, 0.4) is 0 Å². The molecule has 1 amide bonds. The van der Waals surface area contributed by atoms with Crippen molar-refractivity contribution in [3.63, 3.8) is 0 Å². The van der Waals surface area contributed by atoms with Crippen LogP contribution in [0.15, 0.2) is 66.9 Å². The molecule has 4 rings (SSSR count). The van der Waals surface area contributed by atoms with E-state index in [0.717, 1.165) is 11.1 Å². The lowest BCUT2D eigenvalue weighted by atomic mass is 9.91. The first-order valence-electron chi connectivity index (χ1n) is 8.70. The first-order chi connectivity index (χ1) is 13.0. The summed E-state index contributed by atoms with van der Waals surface area (Å²) in [6.07, 6.45) is 1.72. The predicted octanol–water partition coefficient (Wildman–Crippen LogP) is 4.54. The van der Waals surface area contributed by atoms with E-state index in [1.807, 2.05) is 37.3 Å². The number of aromatic nitrogens is 2. The van der Waals surface area contributed by atoms with Gasteiger partial charge in [0.15, 0.2) is 0 Å². The van der Waals surface area contributed by atoms with Crippen molar-refractivity contribution < 1.29 is 13.9 Å². The molecule has 5 nitrogen and oxygen atoms in total. The van der Waals surface area contributed by atoms with Crippen molar-refractivity contribution in [1.82, 2.24) is 9.97 Å². The van der Waals surface area contributed by atoms with Gasteiger partial charge in [0.05, 0.1) is 5.69 Å². The summed E-state index contributed by atoms with van der Waals surface area (Å²) in [7, 11) is 0. The number of carbonyl (C=O) groups excluding carboxylic acids is 1. The second-order valence-corrected chi connectivity index (χ2v) is 6.62. The topological polar surface area (TPSA) is 55.3 Å². The Morgan fingerprint density at radius 3 is 2.52 bits per heavy atom. The second-order valence-electron chi connectivity index (χ2n) is 6.62. The van der Waals surface area contributed by atoms with Gasteiger partial charge >= 0.3 is 6.09 Å². The lowest BCUT2D eigenvalue weighted by Crippen LogP contribution is -2.47. The quantitative estimate of drug-likeness (QED) is 0.685. The molecule has 136 valence electrons. The molecule has 1 saturated heterocycles. The molecule has 2 aromatic carbocycles. The van der Waals surface area contributed by atoms with Gasteiger partial charge in [-0.1, -0.05) is 30.3 Å².